The lowest BCUT2D eigenvalue weighted by Crippen LogP contribution is -2.30. The lowest BCUT2D eigenvalue weighted by Gasteiger charge is -2.23. The first kappa shape index (κ1) is 20.5. The molecule has 1 aromatic rings. The number of benzene rings is 1. The van der Waals surface area contributed by atoms with Crippen molar-refractivity contribution in [1.82, 2.24) is 4.90 Å². The van der Waals surface area contributed by atoms with Gasteiger partial charge in [0.2, 0.25) is 0 Å². The minimum atomic E-state index is 0.390. The maximum Gasteiger partial charge on any atom is 0.0994 e. The highest BCUT2D eigenvalue weighted by molar-refractivity contribution is 7.98. The summed E-state index contributed by atoms with van der Waals surface area (Å²) in [7, 11) is 0. The monoisotopic (exact) mass is 337 g/mol. The summed E-state index contributed by atoms with van der Waals surface area (Å²) in [5.41, 5.74) is 1.41. The molecule has 0 aliphatic heterocycles. The highest BCUT2D eigenvalue weighted by atomic mass is 32.2. The van der Waals surface area contributed by atoms with E-state index in [-0.39, 0.29) is 0 Å². The molecule has 0 bridgehead atoms. The van der Waals surface area contributed by atoms with Crippen molar-refractivity contribution in [2.75, 3.05) is 25.6 Å². The van der Waals surface area contributed by atoms with Crippen molar-refractivity contribution in [3.63, 3.8) is 0 Å². The third kappa shape index (κ3) is 10.1. The van der Waals surface area contributed by atoms with E-state index in [9.17, 15) is 0 Å². The van der Waals surface area contributed by atoms with Crippen LogP contribution in [0.2, 0.25) is 0 Å². The molecule has 1 unspecified atom stereocenters. The first-order chi connectivity index (χ1) is 11.3. The fourth-order valence-corrected chi connectivity index (χ4v) is 3.58. The van der Waals surface area contributed by atoms with Crippen LogP contribution in [0.1, 0.15) is 58.4 Å². The smallest absolute Gasteiger partial charge is 0.0994 e. The predicted octanol–water partition coefficient (Wildman–Crippen LogP) is 5.57. The average Bonchev–Trinajstić information content (AvgIpc) is 2.59. The van der Waals surface area contributed by atoms with Crippen LogP contribution in [-0.2, 0) is 10.5 Å². The van der Waals surface area contributed by atoms with Gasteiger partial charge in [-0.2, -0.15) is 11.8 Å². The number of hydrogen-bond acceptors (Lipinski definition) is 3. The first-order valence-corrected chi connectivity index (χ1v) is 10.4. The second-order valence-electron chi connectivity index (χ2n) is 6.07. The molecule has 2 nitrogen and oxygen atoms in total. The van der Waals surface area contributed by atoms with E-state index < -0.39 is 0 Å². The van der Waals surface area contributed by atoms with Crippen LogP contribution in [0, 0.1) is 0 Å². The molecular weight excluding hydrogens is 302 g/mol. The Labute approximate surface area is 148 Å². The fourth-order valence-electron chi connectivity index (χ4n) is 2.51. The number of ether oxygens (including phenoxy) is 1. The predicted molar refractivity (Wildman–Crippen MR) is 104 cm³/mol. The molecule has 1 atom stereocenters. The minimum Gasteiger partial charge on any atom is -0.362 e. The number of rotatable bonds is 14. The summed E-state index contributed by atoms with van der Waals surface area (Å²) in [5.74, 6) is 2.18. The molecule has 1 rings (SSSR count). The molecule has 132 valence electrons. The van der Waals surface area contributed by atoms with E-state index in [1.54, 1.807) is 0 Å². The second kappa shape index (κ2) is 13.9. The van der Waals surface area contributed by atoms with Crippen molar-refractivity contribution < 1.29 is 4.74 Å². The maximum atomic E-state index is 6.21. The Hall–Kier alpha value is -0.510. The summed E-state index contributed by atoms with van der Waals surface area (Å²) >= 11 is 2.00. The van der Waals surface area contributed by atoms with Crippen molar-refractivity contribution in [2.45, 2.75) is 64.7 Å². The summed E-state index contributed by atoms with van der Waals surface area (Å²) in [6.07, 6.45) is 6.87. The summed E-state index contributed by atoms with van der Waals surface area (Å²) in [4.78, 5) is 2.35. The van der Waals surface area contributed by atoms with Gasteiger partial charge in [-0.15, -0.1) is 0 Å². The number of thioether (sulfide) groups is 1. The van der Waals surface area contributed by atoms with Crippen molar-refractivity contribution in [2.24, 2.45) is 0 Å². The number of hydrogen-bond donors (Lipinski definition) is 0. The normalized spacial score (nSPS) is 12.7. The summed E-state index contributed by atoms with van der Waals surface area (Å²) in [5, 5.41) is 0. The zero-order valence-electron chi connectivity index (χ0n) is 15.3. The summed E-state index contributed by atoms with van der Waals surface area (Å²) < 4.78 is 6.21. The van der Waals surface area contributed by atoms with Crippen LogP contribution in [-0.4, -0.2) is 36.6 Å². The van der Waals surface area contributed by atoms with E-state index in [0.29, 0.717) is 6.10 Å². The van der Waals surface area contributed by atoms with Gasteiger partial charge >= 0.3 is 0 Å². The molecule has 0 amide bonds. The Bertz CT molecular complexity index is 367. The quantitative estimate of drug-likeness (QED) is 0.325. The third-order valence-corrected chi connectivity index (χ3v) is 5.33. The number of nitrogens with zero attached hydrogens (tertiary/aromatic N) is 1. The van der Waals surface area contributed by atoms with Crippen LogP contribution < -0.4 is 0 Å². The minimum absolute atomic E-state index is 0.390. The lowest BCUT2D eigenvalue weighted by atomic mass is 10.1. The lowest BCUT2D eigenvalue weighted by molar-refractivity contribution is -0.0125. The van der Waals surface area contributed by atoms with Gasteiger partial charge in [-0.25, -0.2) is 0 Å². The SMILES string of the molecule is CCCCCCC(CSCc1ccccc1)OCN(CC)CC. The highest BCUT2D eigenvalue weighted by Gasteiger charge is 2.11. The summed E-state index contributed by atoms with van der Waals surface area (Å²) in [6.45, 7) is 9.58. The molecule has 0 heterocycles. The zero-order valence-corrected chi connectivity index (χ0v) is 16.1. The molecule has 0 fully saturated rings. The standard InChI is InChI=1S/C20H35NOS/c1-4-7-8-12-15-20(22-18-21(5-2)6-3)17-23-16-19-13-10-9-11-14-19/h9-11,13-14,20H,4-8,12,15-18H2,1-3H3. The van der Waals surface area contributed by atoms with Crippen LogP contribution in [0.15, 0.2) is 30.3 Å². The van der Waals surface area contributed by atoms with Crippen LogP contribution in [0.5, 0.6) is 0 Å². The van der Waals surface area contributed by atoms with Crippen molar-refractivity contribution in [1.29, 1.82) is 0 Å². The van der Waals surface area contributed by atoms with Crippen LogP contribution >= 0.6 is 11.8 Å². The Balaban J connectivity index is 2.33. The van der Waals surface area contributed by atoms with Gasteiger partial charge in [-0.05, 0) is 25.1 Å². The first-order valence-electron chi connectivity index (χ1n) is 9.25. The third-order valence-electron chi connectivity index (χ3n) is 4.18. The fraction of sp³-hybridized carbons (Fsp3) is 0.700. The topological polar surface area (TPSA) is 12.5 Å². The molecule has 3 heteroatoms. The van der Waals surface area contributed by atoms with Crippen molar-refractivity contribution >= 4 is 11.8 Å². The highest BCUT2D eigenvalue weighted by Crippen LogP contribution is 2.18. The van der Waals surface area contributed by atoms with Crippen LogP contribution in [0.3, 0.4) is 0 Å². The van der Waals surface area contributed by atoms with E-state index in [4.69, 9.17) is 4.74 Å². The molecule has 1 aromatic carbocycles. The van der Waals surface area contributed by atoms with Gasteiger partial charge < -0.3 is 4.74 Å². The van der Waals surface area contributed by atoms with Gasteiger partial charge in [0.25, 0.3) is 0 Å². The van der Waals surface area contributed by atoms with Gasteiger partial charge in [0.05, 0.1) is 12.8 Å². The van der Waals surface area contributed by atoms with Gasteiger partial charge in [-0.3, -0.25) is 4.90 Å². The zero-order chi connectivity index (χ0) is 16.8. The van der Waals surface area contributed by atoms with Gasteiger partial charge in [-0.1, -0.05) is 76.8 Å². The van der Waals surface area contributed by atoms with Gasteiger partial charge in [0.1, 0.15) is 0 Å². The Morgan fingerprint density at radius 3 is 2.39 bits per heavy atom. The molecule has 0 radical (unpaired) electrons. The Morgan fingerprint density at radius 1 is 1.00 bits per heavy atom. The molecule has 0 spiro atoms. The van der Waals surface area contributed by atoms with Crippen molar-refractivity contribution in [3.05, 3.63) is 35.9 Å². The van der Waals surface area contributed by atoms with Crippen LogP contribution in [0.25, 0.3) is 0 Å². The van der Waals surface area contributed by atoms with E-state index in [2.05, 4.69) is 56.0 Å². The molecule has 0 aliphatic carbocycles. The second-order valence-corrected chi connectivity index (χ2v) is 7.10. The Morgan fingerprint density at radius 2 is 1.74 bits per heavy atom. The van der Waals surface area contributed by atoms with E-state index in [1.807, 2.05) is 11.8 Å². The summed E-state index contributed by atoms with van der Waals surface area (Å²) in [6, 6.07) is 10.7. The van der Waals surface area contributed by atoms with E-state index in [1.165, 1.54) is 37.7 Å². The van der Waals surface area contributed by atoms with Crippen LogP contribution in [0.4, 0.5) is 0 Å². The molecule has 23 heavy (non-hydrogen) atoms. The van der Waals surface area contributed by atoms with Gasteiger partial charge in [0, 0.05) is 11.5 Å². The molecule has 0 aromatic heterocycles. The molecule has 0 N–H and O–H groups in total. The molecule has 0 aliphatic rings. The average molecular weight is 338 g/mol. The Kier molecular flexibility index (Phi) is 12.4. The van der Waals surface area contributed by atoms with E-state index in [0.717, 1.165) is 31.3 Å². The molecule has 0 saturated heterocycles. The van der Waals surface area contributed by atoms with Gasteiger partial charge in [0.15, 0.2) is 0 Å². The molecule has 0 saturated carbocycles. The number of unbranched alkanes of at least 4 members (excludes halogenated alkanes) is 3. The maximum absolute atomic E-state index is 6.21. The largest absolute Gasteiger partial charge is 0.362 e. The molecular formula is C20H35NOS. The van der Waals surface area contributed by atoms with E-state index >= 15 is 0 Å². The van der Waals surface area contributed by atoms with Crippen molar-refractivity contribution in [3.8, 4) is 0 Å².